The van der Waals surface area contributed by atoms with Crippen LogP contribution in [0, 0.1) is 5.92 Å². The number of hydrogen-bond acceptors (Lipinski definition) is 3. The first-order chi connectivity index (χ1) is 11.6. The zero-order chi connectivity index (χ0) is 17.4. The molecule has 1 aliphatic heterocycles. The monoisotopic (exact) mass is 330 g/mol. The van der Waals surface area contributed by atoms with Crippen molar-refractivity contribution in [1.82, 2.24) is 20.5 Å². The molecule has 2 N–H and O–H groups in total. The van der Waals surface area contributed by atoms with Gasteiger partial charge in [-0.05, 0) is 37.3 Å². The van der Waals surface area contributed by atoms with Crippen molar-refractivity contribution in [2.45, 2.75) is 51.7 Å². The summed E-state index contributed by atoms with van der Waals surface area (Å²) in [4.78, 5) is 19.0. The summed E-state index contributed by atoms with van der Waals surface area (Å²) in [6.45, 7) is 10.9. The summed E-state index contributed by atoms with van der Waals surface area (Å²) >= 11 is 0. The Morgan fingerprint density at radius 3 is 3.00 bits per heavy atom. The zero-order valence-corrected chi connectivity index (χ0v) is 14.9. The van der Waals surface area contributed by atoms with Gasteiger partial charge < -0.3 is 10.6 Å². The van der Waals surface area contributed by atoms with Crippen molar-refractivity contribution in [3.05, 3.63) is 42.7 Å². The average molecular weight is 330 g/mol. The highest BCUT2D eigenvalue weighted by Gasteiger charge is 2.27. The molecule has 5 nitrogen and oxygen atoms in total. The Kier molecular flexibility index (Phi) is 7.25. The lowest BCUT2D eigenvalue weighted by Gasteiger charge is -2.37. The van der Waals surface area contributed by atoms with Gasteiger partial charge in [0.1, 0.15) is 0 Å². The van der Waals surface area contributed by atoms with Crippen LogP contribution in [0.15, 0.2) is 37.1 Å². The molecule has 0 unspecified atom stereocenters. The predicted octanol–water partition coefficient (Wildman–Crippen LogP) is 2.95. The molecule has 24 heavy (non-hydrogen) atoms. The molecule has 0 spiro atoms. The fraction of sp³-hybridized carbons (Fsp3) is 0.579. The summed E-state index contributed by atoms with van der Waals surface area (Å²) in [7, 11) is 0. The van der Waals surface area contributed by atoms with Crippen molar-refractivity contribution >= 4 is 6.03 Å². The smallest absolute Gasteiger partial charge is 0.315 e. The first-order valence-electron chi connectivity index (χ1n) is 8.92. The third-order valence-electron chi connectivity index (χ3n) is 4.70. The summed E-state index contributed by atoms with van der Waals surface area (Å²) in [6.07, 6.45) is 6.39. The lowest BCUT2D eigenvalue weighted by atomic mass is 9.94. The maximum Gasteiger partial charge on any atom is 0.315 e. The van der Waals surface area contributed by atoms with Gasteiger partial charge in [-0.1, -0.05) is 26.0 Å². The van der Waals surface area contributed by atoms with E-state index in [-0.39, 0.29) is 18.1 Å². The molecule has 0 aliphatic carbocycles. The predicted molar refractivity (Wildman–Crippen MR) is 97.6 cm³/mol. The number of pyridine rings is 1. The molecule has 1 aliphatic rings. The molecule has 1 fully saturated rings. The van der Waals surface area contributed by atoms with Crippen LogP contribution in [0.2, 0.25) is 0 Å². The lowest BCUT2D eigenvalue weighted by molar-refractivity contribution is 0.140. The van der Waals surface area contributed by atoms with E-state index < -0.39 is 0 Å². The highest BCUT2D eigenvalue weighted by molar-refractivity contribution is 5.74. The number of carbonyl (C=O) groups excluding carboxylic acids is 1. The number of likely N-dealkylation sites (tertiary alicyclic amines) is 1. The highest BCUT2D eigenvalue weighted by atomic mass is 16.2. The summed E-state index contributed by atoms with van der Waals surface area (Å²) < 4.78 is 0. The number of urea groups is 1. The normalized spacial score (nSPS) is 22.6. The van der Waals surface area contributed by atoms with Crippen molar-refractivity contribution in [3.8, 4) is 0 Å². The largest absolute Gasteiger partial charge is 0.335 e. The van der Waals surface area contributed by atoms with E-state index in [1.54, 1.807) is 0 Å². The number of carbonyl (C=O) groups is 1. The minimum Gasteiger partial charge on any atom is -0.335 e. The van der Waals surface area contributed by atoms with E-state index in [0.717, 1.165) is 44.6 Å². The number of piperidine rings is 1. The first kappa shape index (κ1) is 18.5. The summed E-state index contributed by atoms with van der Waals surface area (Å²) in [5.74, 6) is 0.424. The second-order valence-electron chi connectivity index (χ2n) is 6.68. The van der Waals surface area contributed by atoms with Crippen LogP contribution >= 0.6 is 0 Å². The van der Waals surface area contributed by atoms with Crippen LogP contribution in [0.3, 0.4) is 0 Å². The second-order valence-corrected chi connectivity index (χ2v) is 6.68. The van der Waals surface area contributed by atoms with Crippen molar-refractivity contribution in [3.63, 3.8) is 0 Å². The van der Waals surface area contributed by atoms with Crippen LogP contribution < -0.4 is 10.6 Å². The average Bonchev–Trinajstić information content (AvgIpc) is 2.58. The van der Waals surface area contributed by atoms with Gasteiger partial charge >= 0.3 is 6.03 Å². The maximum atomic E-state index is 12.2. The van der Waals surface area contributed by atoms with E-state index in [1.807, 2.05) is 24.4 Å². The Morgan fingerprint density at radius 1 is 1.54 bits per heavy atom. The third-order valence-corrected chi connectivity index (χ3v) is 4.70. The van der Waals surface area contributed by atoms with Gasteiger partial charge in [-0.2, -0.15) is 0 Å². The minimum atomic E-state index is -0.0567. The Hall–Kier alpha value is -1.88. The Morgan fingerprint density at radius 2 is 2.38 bits per heavy atom. The highest BCUT2D eigenvalue weighted by Crippen LogP contribution is 2.18. The summed E-state index contributed by atoms with van der Waals surface area (Å²) in [5.41, 5.74) is 1.10. The van der Waals surface area contributed by atoms with Gasteiger partial charge in [0.15, 0.2) is 0 Å². The molecule has 2 amide bonds. The van der Waals surface area contributed by atoms with Crippen LogP contribution in [0.1, 0.15) is 38.8 Å². The molecule has 5 heteroatoms. The van der Waals surface area contributed by atoms with E-state index in [0.29, 0.717) is 5.92 Å². The van der Waals surface area contributed by atoms with Gasteiger partial charge in [0, 0.05) is 37.9 Å². The van der Waals surface area contributed by atoms with E-state index >= 15 is 0 Å². The molecule has 0 bridgehead atoms. The number of nitrogens with zero attached hydrogens (tertiary/aromatic N) is 2. The molecule has 3 atom stereocenters. The molecule has 2 rings (SSSR count). The summed E-state index contributed by atoms with van der Waals surface area (Å²) in [5, 5.41) is 6.19. The van der Waals surface area contributed by atoms with E-state index in [9.17, 15) is 4.79 Å². The van der Waals surface area contributed by atoms with Crippen molar-refractivity contribution in [2.24, 2.45) is 5.92 Å². The van der Waals surface area contributed by atoms with Gasteiger partial charge in [0.05, 0.1) is 5.69 Å². The van der Waals surface area contributed by atoms with Gasteiger partial charge in [-0.3, -0.25) is 9.88 Å². The molecule has 0 aromatic carbocycles. The standard InChI is InChI=1S/C19H30N4O/c1-4-8-16(5-2)21-19(24)22-18-10-12-23(13-15(18)3)14-17-9-6-7-11-20-17/h4,6-7,9,11,15-16,18H,1,5,8,10,12-14H2,2-3H3,(H2,21,22,24)/t15-,16+,18+/m1/s1. The van der Waals surface area contributed by atoms with Crippen LogP contribution in [0.4, 0.5) is 4.79 Å². The zero-order valence-electron chi connectivity index (χ0n) is 14.9. The quantitative estimate of drug-likeness (QED) is 0.756. The van der Waals surface area contributed by atoms with Crippen LogP contribution in [-0.4, -0.2) is 41.1 Å². The van der Waals surface area contributed by atoms with E-state index in [4.69, 9.17) is 0 Å². The second kappa shape index (κ2) is 9.42. The van der Waals surface area contributed by atoms with E-state index in [2.05, 4.69) is 47.0 Å². The number of aromatic nitrogens is 1. The van der Waals surface area contributed by atoms with Crippen LogP contribution in [0.25, 0.3) is 0 Å². The van der Waals surface area contributed by atoms with Gasteiger partial charge in [0.25, 0.3) is 0 Å². The van der Waals surface area contributed by atoms with Crippen molar-refractivity contribution < 1.29 is 4.79 Å². The molecular formula is C19H30N4O. The van der Waals surface area contributed by atoms with Crippen molar-refractivity contribution in [2.75, 3.05) is 13.1 Å². The molecule has 0 radical (unpaired) electrons. The fourth-order valence-electron chi connectivity index (χ4n) is 3.24. The first-order valence-corrected chi connectivity index (χ1v) is 8.92. The van der Waals surface area contributed by atoms with Gasteiger partial charge in [-0.25, -0.2) is 4.79 Å². The molecule has 0 saturated carbocycles. The minimum absolute atomic E-state index is 0.0567. The Bertz CT molecular complexity index is 519. The van der Waals surface area contributed by atoms with E-state index in [1.165, 1.54) is 0 Å². The molecule has 1 saturated heterocycles. The van der Waals surface area contributed by atoms with Crippen LogP contribution in [-0.2, 0) is 6.54 Å². The molecule has 1 aromatic rings. The lowest BCUT2D eigenvalue weighted by Crippen LogP contribution is -2.53. The number of nitrogens with one attached hydrogen (secondary N) is 2. The number of hydrogen-bond donors (Lipinski definition) is 2. The Labute approximate surface area is 145 Å². The van der Waals surface area contributed by atoms with Crippen LogP contribution in [0.5, 0.6) is 0 Å². The van der Waals surface area contributed by atoms with Gasteiger partial charge in [0.2, 0.25) is 0 Å². The summed E-state index contributed by atoms with van der Waals surface area (Å²) in [6, 6.07) is 6.37. The fourth-order valence-corrected chi connectivity index (χ4v) is 3.24. The molecule has 2 heterocycles. The molecule has 132 valence electrons. The third kappa shape index (κ3) is 5.64. The SMILES string of the molecule is C=CC[C@H](CC)NC(=O)N[C@H]1CCN(Cc2ccccn2)C[C@H]1C. The number of rotatable bonds is 7. The van der Waals surface area contributed by atoms with Crippen molar-refractivity contribution in [1.29, 1.82) is 0 Å². The number of amides is 2. The topological polar surface area (TPSA) is 57.3 Å². The molecule has 1 aromatic heterocycles. The van der Waals surface area contributed by atoms with Gasteiger partial charge in [-0.15, -0.1) is 6.58 Å². The maximum absolute atomic E-state index is 12.2. The Balaban J connectivity index is 1.78. The molecular weight excluding hydrogens is 300 g/mol.